The Kier molecular flexibility index (Phi) is 4.94. The van der Waals surface area contributed by atoms with E-state index in [0.717, 1.165) is 12.1 Å². The Labute approximate surface area is 94.2 Å². The molecule has 2 aliphatic heterocycles. The summed E-state index contributed by atoms with van der Waals surface area (Å²) in [6, 6.07) is 1.64. The normalized spacial score (nSPS) is 35.2. The molecule has 0 aromatic heterocycles. The van der Waals surface area contributed by atoms with Crippen molar-refractivity contribution in [3.8, 4) is 0 Å². The van der Waals surface area contributed by atoms with Crippen molar-refractivity contribution in [2.45, 2.75) is 69.9 Å². The largest absolute Gasteiger partial charge is 0.314 e. The van der Waals surface area contributed by atoms with Crippen LogP contribution in [0, 0.1) is 0 Å². The van der Waals surface area contributed by atoms with Crippen molar-refractivity contribution in [1.82, 2.24) is 10.6 Å². The van der Waals surface area contributed by atoms with Gasteiger partial charge in [-0.15, -0.1) is 0 Å². The molecular weight excluding hydrogens is 184 g/mol. The molecule has 1 aliphatic carbocycles. The van der Waals surface area contributed by atoms with Gasteiger partial charge < -0.3 is 10.6 Å². The Morgan fingerprint density at radius 3 is 1.33 bits per heavy atom. The molecular formula is C13H26N2. The molecule has 0 amide bonds. The molecule has 0 spiro atoms. The lowest BCUT2D eigenvalue weighted by Gasteiger charge is -2.21. The Balaban J connectivity index is 1.93. The SMILES string of the molecule is C1CNC2CCCCC(CCCC2)NC1. The molecule has 2 bridgehead atoms. The first-order chi connectivity index (χ1) is 7.45. The van der Waals surface area contributed by atoms with Gasteiger partial charge in [0, 0.05) is 12.1 Å². The molecule has 0 aromatic carbocycles. The number of fused-ring (bicyclic) bond motifs is 10. The summed E-state index contributed by atoms with van der Waals surface area (Å²) in [6.07, 6.45) is 12.6. The van der Waals surface area contributed by atoms with Gasteiger partial charge in [-0.25, -0.2) is 0 Å². The van der Waals surface area contributed by atoms with E-state index in [4.69, 9.17) is 0 Å². The Bertz CT molecular complexity index is 134. The van der Waals surface area contributed by atoms with Gasteiger partial charge in [0.25, 0.3) is 0 Å². The van der Waals surface area contributed by atoms with Gasteiger partial charge in [-0.2, -0.15) is 0 Å². The predicted octanol–water partition coefficient (Wildman–Crippen LogP) is 2.44. The highest BCUT2D eigenvalue weighted by atomic mass is 14.9. The highest BCUT2D eigenvalue weighted by Gasteiger charge is 2.14. The molecule has 2 heterocycles. The van der Waals surface area contributed by atoms with Gasteiger partial charge in [-0.3, -0.25) is 0 Å². The summed E-state index contributed by atoms with van der Waals surface area (Å²) in [7, 11) is 0. The van der Waals surface area contributed by atoms with E-state index in [1.54, 1.807) is 0 Å². The van der Waals surface area contributed by atoms with Crippen LogP contribution in [0.4, 0.5) is 0 Å². The van der Waals surface area contributed by atoms with Crippen LogP contribution in [0.3, 0.4) is 0 Å². The van der Waals surface area contributed by atoms with Crippen LogP contribution in [0.15, 0.2) is 0 Å². The van der Waals surface area contributed by atoms with Crippen molar-refractivity contribution < 1.29 is 0 Å². The van der Waals surface area contributed by atoms with Crippen LogP contribution in [0.1, 0.15) is 57.8 Å². The maximum Gasteiger partial charge on any atom is 0.00670 e. The third-order valence-corrected chi connectivity index (χ3v) is 3.93. The lowest BCUT2D eigenvalue weighted by molar-refractivity contribution is 0.381. The first-order valence-corrected chi connectivity index (χ1v) is 6.92. The fourth-order valence-electron chi connectivity index (χ4n) is 2.96. The van der Waals surface area contributed by atoms with Gasteiger partial charge in [0.2, 0.25) is 0 Å². The summed E-state index contributed by atoms with van der Waals surface area (Å²) in [4.78, 5) is 0. The van der Waals surface area contributed by atoms with Crippen LogP contribution in [-0.2, 0) is 0 Å². The smallest absolute Gasteiger partial charge is 0.00670 e. The number of hydrogen-bond acceptors (Lipinski definition) is 2. The number of hydrogen-bond donors (Lipinski definition) is 2. The Morgan fingerprint density at radius 1 is 0.533 bits per heavy atom. The van der Waals surface area contributed by atoms with Crippen molar-refractivity contribution in [2.24, 2.45) is 0 Å². The average Bonchev–Trinajstić information content (AvgIpc) is 2.34. The second kappa shape index (κ2) is 6.49. The highest BCUT2D eigenvalue weighted by Crippen LogP contribution is 2.18. The average molecular weight is 210 g/mol. The first kappa shape index (κ1) is 11.4. The monoisotopic (exact) mass is 210 g/mol. The Hall–Kier alpha value is -0.0800. The van der Waals surface area contributed by atoms with Gasteiger partial charge >= 0.3 is 0 Å². The summed E-state index contributed by atoms with van der Waals surface area (Å²) >= 11 is 0. The van der Waals surface area contributed by atoms with Crippen molar-refractivity contribution >= 4 is 0 Å². The minimum Gasteiger partial charge on any atom is -0.314 e. The summed E-state index contributed by atoms with van der Waals surface area (Å²) < 4.78 is 0. The van der Waals surface area contributed by atoms with E-state index in [9.17, 15) is 0 Å². The second-order valence-electron chi connectivity index (χ2n) is 5.22. The fraction of sp³-hybridized carbons (Fsp3) is 1.00. The Morgan fingerprint density at radius 2 is 0.933 bits per heavy atom. The van der Waals surface area contributed by atoms with E-state index < -0.39 is 0 Å². The quantitative estimate of drug-likeness (QED) is 0.642. The maximum atomic E-state index is 3.73. The minimum absolute atomic E-state index is 0.819. The molecule has 1 saturated carbocycles. The zero-order valence-corrected chi connectivity index (χ0v) is 9.93. The molecule has 0 atom stereocenters. The summed E-state index contributed by atoms with van der Waals surface area (Å²) in [5, 5.41) is 7.46. The summed E-state index contributed by atoms with van der Waals surface area (Å²) in [6.45, 7) is 2.43. The lowest BCUT2D eigenvalue weighted by Crippen LogP contribution is -2.32. The van der Waals surface area contributed by atoms with Crippen LogP contribution in [0.2, 0.25) is 0 Å². The molecule has 0 radical (unpaired) electrons. The van der Waals surface area contributed by atoms with E-state index in [1.807, 2.05) is 0 Å². The van der Waals surface area contributed by atoms with Crippen LogP contribution < -0.4 is 10.6 Å². The molecule has 0 unspecified atom stereocenters. The predicted molar refractivity (Wildman–Crippen MR) is 65.1 cm³/mol. The van der Waals surface area contributed by atoms with E-state index in [0.29, 0.717) is 0 Å². The van der Waals surface area contributed by atoms with Crippen molar-refractivity contribution in [1.29, 1.82) is 0 Å². The maximum absolute atomic E-state index is 3.73. The summed E-state index contributed by atoms with van der Waals surface area (Å²) in [5.41, 5.74) is 0. The third-order valence-electron chi connectivity index (χ3n) is 3.93. The lowest BCUT2D eigenvalue weighted by atomic mass is 9.95. The van der Waals surface area contributed by atoms with Gasteiger partial charge in [0.15, 0.2) is 0 Å². The van der Waals surface area contributed by atoms with E-state index >= 15 is 0 Å². The zero-order valence-electron chi connectivity index (χ0n) is 9.93. The topological polar surface area (TPSA) is 24.1 Å². The van der Waals surface area contributed by atoms with Crippen LogP contribution in [-0.4, -0.2) is 25.2 Å². The van der Waals surface area contributed by atoms with Gasteiger partial charge in [0.1, 0.15) is 0 Å². The van der Waals surface area contributed by atoms with Gasteiger partial charge in [-0.05, 0) is 45.2 Å². The number of nitrogens with one attached hydrogen (secondary N) is 2. The van der Waals surface area contributed by atoms with Gasteiger partial charge in [0.05, 0.1) is 0 Å². The molecule has 3 rings (SSSR count). The molecule has 0 aromatic rings. The minimum atomic E-state index is 0.819. The van der Waals surface area contributed by atoms with E-state index in [2.05, 4.69) is 10.6 Å². The highest BCUT2D eigenvalue weighted by molar-refractivity contribution is 4.75. The van der Waals surface area contributed by atoms with Crippen LogP contribution in [0.5, 0.6) is 0 Å². The fourth-order valence-corrected chi connectivity index (χ4v) is 2.96. The van der Waals surface area contributed by atoms with Crippen molar-refractivity contribution in [3.63, 3.8) is 0 Å². The van der Waals surface area contributed by atoms with Crippen LogP contribution in [0.25, 0.3) is 0 Å². The van der Waals surface area contributed by atoms with E-state index in [-0.39, 0.29) is 0 Å². The third kappa shape index (κ3) is 4.12. The molecule has 15 heavy (non-hydrogen) atoms. The molecule has 3 aliphatic rings. The molecule has 3 fully saturated rings. The second-order valence-corrected chi connectivity index (χ2v) is 5.22. The van der Waals surface area contributed by atoms with Gasteiger partial charge in [-0.1, -0.05) is 25.7 Å². The molecule has 88 valence electrons. The molecule has 2 heteroatoms. The van der Waals surface area contributed by atoms with E-state index in [1.165, 1.54) is 70.9 Å². The van der Waals surface area contributed by atoms with Crippen molar-refractivity contribution in [3.05, 3.63) is 0 Å². The van der Waals surface area contributed by atoms with Crippen molar-refractivity contribution in [2.75, 3.05) is 13.1 Å². The van der Waals surface area contributed by atoms with Crippen LogP contribution >= 0.6 is 0 Å². The molecule has 2 N–H and O–H groups in total. The molecule has 2 nitrogen and oxygen atoms in total. The molecule has 2 saturated heterocycles. The summed E-state index contributed by atoms with van der Waals surface area (Å²) in [5.74, 6) is 0. The standard InChI is InChI=1S/C13H26N2/c1-2-7-13-9-4-3-8-12(6-1)14-10-5-11-15-13/h12-15H,1-11H2. The zero-order chi connectivity index (χ0) is 10.3. The number of rotatable bonds is 0. The first-order valence-electron chi connectivity index (χ1n) is 6.92.